The molecule has 1 amide bonds. The lowest BCUT2D eigenvalue weighted by molar-refractivity contribution is -0.384. The number of carbonyl (C=O) groups is 1. The van der Waals surface area contributed by atoms with Gasteiger partial charge in [-0.15, -0.1) is 0 Å². The molecule has 1 unspecified atom stereocenters. The summed E-state index contributed by atoms with van der Waals surface area (Å²) in [5.41, 5.74) is 1.71. The first-order chi connectivity index (χ1) is 30.5. The summed E-state index contributed by atoms with van der Waals surface area (Å²) in [6.07, 6.45) is 0.114. The zero-order chi connectivity index (χ0) is 44.1. The van der Waals surface area contributed by atoms with Crippen LogP contribution in [-0.4, -0.2) is 71.7 Å². The highest BCUT2D eigenvalue weighted by Gasteiger charge is 2.50. The Morgan fingerprint density at radius 2 is 1.37 bits per heavy atom. The van der Waals surface area contributed by atoms with Crippen molar-refractivity contribution in [2.45, 2.75) is 31.0 Å². The van der Waals surface area contributed by atoms with Crippen molar-refractivity contribution >= 4 is 38.9 Å². The van der Waals surface area contributed by atoms with Gasteiger partial charge in [-0.25, -0.2) is 15.0 Å². The molecule has 1 aliphatic heterocycles. The van der Waals surface area contributed by atoms with Crippen molar-refractivity contribution in [2.75, 3.05) is 26.1 Å². The highest BCUT2D eigenvalue weighted by molar-refractivity contribution is 7.85. The largest absolute Gasteiger partial charge is 0.497 e. The van der Waals surface area contributed by atoms with Gasteiger partial charge in [-0.1, -0.05) is 79.7 Å². The summed E-state index contributed by atoms with van der Waals surface area (Å²) in [6, 6.07) is 38.1. The van der Waals surface area contributed by atoms with Crippen LogP contribution in [0.15, 0.2) is 146 Å². The third kappa shape index (κ3) is 8.78. The summed E-state index contributed by atoms with van der Waals surface area (Å²) in [6.45, 7) is 1.62. The standard InChI is InChI=1S/C45H41N7O10S/c1-29-38(26-49-63(56,57)62-37-24-18-34(19-25-37)52(54)55)60-44(51-28-48-39-41(46-27-47-42(39)51)50-43(53)30-10-6-4-7-11-30)40(29)61-45(31-12-8-5-9-13-31,32-14-20-35(58-2)21-15-32)33-16-22-36(59-3)23-17-33/h4-25,27-29,38,40,44,49H,26H2,1-3H3,(H,46,47,50,53)/t29-,38?,40-,44-/m1/s1. The van der Waals surface area contributed by atoms with Gasteiger partial charge in [0.1, 0.15) is 35.3 Å². The van der Waals surface area contributed by atoms with Crippen LogP contribution < -0.4 is 23.7 Å². The first-order valence-electron chi connectivity index (χ1n) is 19.6. The number of fused-ring (bicyclic) bond motifs is 1. The Bertz CT molecular complexity index is 2770. The molecular formula is C45H41N7O10S. The number of carbonyl (C=O) groups excluding carboxylic acids is 1. The molecule has 18 heteroatoms. The fraction of sp³-hybridized carbons (Fsp3) is 0.200. The van der Waals surface area contributed by atoms with Gasteiger partial charge in [0.05, 0.1) is 31.6 Å². The number of nitro benzene ring substituents is 1. The first-order valence-corrected chi connectivity index (χ1v) is 21.1. The zero-order valence-electron chi connectivity index (χ0n) is 34.1. The second kappa shape index (κ2) is 18.0. The molecule has 0 aliphatic carbocycles. The predicted octanol–water partition coefficient (Wildman–Crippen LogP) is 6.83. The maximum absolute atomic E-state index is 13.3. The van der Waals surface area contributed by atoms with Gasteiger partial charge in [0, 0.05) is 30.2 Å². The van der Waals surface area contributed by atoms with Crippen LogP contribution in [0.4, 0.5) is 11.5 Å². The van der Waals surface area contributed by atoms with E-state index in [-0.39, 0.29) is 29.3 Å². The molecule has 3 heterocycles. The van der Waals surface area contributed by atoms with Crippen molar-refractivity contribution in [3.63, 3.8) is 0 Å². The lowest BCUT2D eigenvalue weighted by Crippen LogP contribution is -2.42. The van der Waals surface area contributed by atoms with Crippen LogP contribution >= 0.6 is 0 Å². The van der Waals surface area contributed by atoms with Gasteiger partial charge < -0.3 is 28.4 Å². The summed E-state index contributed by atoms with van der Waals surface area (Å²) in [7, 11) is -1.29. The monoisotopic (exact) mass is 871 g/mol. The molecule has 1 aliphatic rings. The minimum absolute atomic E-state index is 0.126. The summed E-state index contributed by atoms with van der Waals surface area (Å²) in [5.74, 6) is 0.362. The molecule has 322 valence electrons. The Balaban J connectivity index is 1.21. The van der Waals surface area contributed by atoms with Crippen LogP contribution in [0.25, 0.3) is 11.2 Å². The van der Waals surface area contributed by atoms with E-state index in [4.69, 9.17) is 23.1 Å². The molecular weight excluding hydrogens is 831 g/mol. The molecule has 0 radical (unpaired) electrons. The van der Waals surface area contributed by atoms with Crippen LogP contribution in [0.1, 0.15) is 40.2 Å². The number of amides is 1. The minimum Gasteiger partial charge on any atom is -0.497 e. The van der Waals surface area contributed by atoms with Crippen molar-refractivity contribution < 1.29 is 41.3 Å². The number of rotatable bonds is 16. The molecule has 7 aromatic rings. The molecule has 2 aromatic heterocycles. The fourth-order valence-corrected chi connectivity index (χ4v) is 8.36. The molecule has 1 saturated heterocycles. The fourth-order valence-electron chi connectivity index (χ4n) is 7.57. The number of imidazole rings is 1. The highest BCUT2D eigenvalue weighted by Crippen LogP contribution is 2.48. The van der Waals surface area contributed by atoms with E-state index in [1.54, 1.807) is 43.1 Å². The first kappa shape index (κ1) is 42.4. The van der Waals surface area contributed by atoms with Gasteiger partial charge in [0.25, 0.3) is 11.6 Å². The molecule has 1 fully saturated rings. The molecule has 17 nitrogen and oxygen atoms in total. The number of aromatic nitrogens is 4. The number of hydrogen-bond donors (Lipinski definition) is 2. The van der Waals surface area contributed by atoms with E-state index in [1.165, 1.54) is 24.8 Å². The van der Waals surface area contributed by atoms with Crippen molar-refractivity contribution in [2.24, 2.45) is 5.92 Å². The van der Waals surface area contributed by atoms with E-state index in [9.17, 15) is 23.3 Å². The Kier molecular flexibility index (Phi) is 12.1. The second-order valence-corrected chi connectivity index (χ2v) is 15.9. The van der Waals surface area contributed by atoms with E-state index < -0.39 is 51.1 Å². The lowest BCUT2D eigenvalue weighted by atomic mass is 9.79. The van der Waals surface area contributed by atoms with Gasteiger partial charge in [0.15, 0.2) is 23.2 Å². The molecule has 4 atom stereocenters. The average Bonchev–Trinajstić information content (AvgIpc) is 3.88. The van der Waals surface area contributed by atoms with Gasteiger partial charge in [0.2, 0.25) is 0 Å². The van der Waals surface area contributed by atoms with Crippen LogP contribution in [0.3, 0.4) is 0 Å². The molecule has 0 bridgehead atoms. The maximum atomic E-state index is 13.3. The van der Waals surface area contributed by atoms with E-state index in [1.807, 2.05) is 91.9 Å². The summed E-state index contributed by atoms with van der Waals surface area (Å²) in [4.78, 5) is 37.3. The maximum Gasteiger partial charge on any atom is 0.382 e. The van der Waals surface area contributed by atoms with E-state index in [2.05, 4.69) is 25.0 Å². The highest BCUT2D eigenvalue weighted by atomic mass is 32.2. The van der Waals surface area contributed by atoms with Crippen molar-refractivity contribution in [1.82, 2.24) is 24.2 Å². The third-order valence-electron chi connectivity index (χ3n) is 10.8. The van der Waals surface area contributed by atoms with E-state index in [0.29, 0.717) is 22.7 Å². The number of methoxy groups -OCH3 is 2. The van der Waals surface area contributed by atoms with Gasteiger partial charge in [-0.2, -0.15) is 13.1 Å². The number of ether oxygens (including phenoxy) is 4. The lowest BCUT2D eigenvalue weighted by Gasteiger charge is -2.40. The van der Waals surface area contributed by atoms with Crippen LogP contribution in [0.2, 0.25) is 0 Å². The molecule has 5 aromatic carbocycles. The van der Waals surface area contributed by atoms with Crippen LogP contribution in [0, 0.1) is 16.0 Å². The Morgan fingerprint density at radius 3 is 1.95 bits per heavy atom. The van der Waals surface area contributed by atoms with Crippen LogP contribution in [0.5, 0.6) is 17.2 Å². The Hall–Kier alpha value is -7.25. The van der Waals surface area contributed by atoms with Crippen molar-refractivity contribution in [3.8, 4) is 17.2 Å². The SMILES string of the molecule is COc1ccc(C(O[C@@H]2[C@H](C)C(CNS(=O)(=O)Oc3ccc([N+](=O)[O-])cc3)O[C@H]2n2cnc3c(NC(=O)c4ccccc4)ncnc32)(c2ccccc2)c2ccc(OC)cc2)cc1. The topological polar surface area (TPSA) is 208 Å². The smallest absolute Gasteiger partial charge is 0.382 e. The number of anilines is 1. The Labute approximate surface area is 362 Å². The molecule has 2 N–H and O–H groups in total. The van der Waals surface area contributed by atoms with E-state index in [0.717, 1.165) is 28.8 Å². The number of non-ortho nitro benzene ring substituents is 1. The third-order valence-corrected chi connectivity index (χ3v) is 11.7. The second-order valence-electron chi connectivity index (χ2n) is 14.5. The zero-order valence-corrected chi connectivity index (χ0v) is 34.9. The number of nitrogens with zero attached hydrogens (tertiary/aromatic N) is 5. The summed E-state index contributed by atoms with van der Waals surface area (Å²) >= 11 is 0. The van der Waals surface area contributed by atoms with Gasteiger partial charge >= 0.3 is 10.3 Å². The molecule has 63 heavy (non-hydrogen) atoms. The number of nitrogens with one attached hydrogen (secondary N) is 2. The molecule has 0 spiro atoms. The van der Waals surface area contributed by atoms with Gasteiger partial charge in [-0.05, 0) is 65.2 Å². The molecule has 8 rings (SSSR count). The average molecular weight is 872 g/mol. The number of hydrogen-bond acceptors (Lipinski definition) is 13. The normalized spacial score (nSPS) is 17.6. The Morgan fingerprint density at radius 1 is 0.794 bits per heavy atom. The predicted molar refractivity (Wildman–Crippen MR) is 231 cm³/mol. The van der Waals surface area contributed by atoms with Crippen molar-refractivity contribution in [3.05, 3.63) is 178 Å². The molecule has 0 saturated carbocycles. The summed E-state index contributed by atoms with van der Waals surface area (Å²) in [5, 5.41) is 14.0. The van der Waals surface area contributed by atoms with Crippen LogP contribution in [-0.2, 0) is 25.4 Å². The quantitative estimate of drug-likeness (QED) is 0.0581. The van der Waals surface area contributed by atoms with Crippen molar-refractivity contribution in [1.29, 1.82) is 0 Å². The van der Waals surface area contributed by atoms with Gasteiger partial charge in [-0.3, -0.25) is 19.5 Å². The number of benzene rings is 5. The van der Waals surface area contributed by atoms with E-state index >= 15 is 0 Å². The number of nitro groups is 1. The minimum atomic E-state index is -4.46. The summed E-state index contributed by atoms with van der Waals surface area (Å²) < 4.78 is 61.5.